The first-order valence-electron chi connectivity index (χ1n) is 7.22. The van der Waals surface area contributed by atoms with E-state index in [-0.39, 0.29) is 0 Å². The van der Waals surface area contributed by atoms with Gasteiger partial charge in [-0.15, -0.1) is 0 Å². The van der Waals surface area contributed by atoms with Crippen LogP contribution in [0.15, 0.2) is 22.7 Å². The molecule has 0 spiro atoms. The Balaban J connectivity index is 2.13. The Bertz CT molecular complexity index is 594. The van der Waals surface area contributed by atoms with E-state index in [0.717, 1.165) is 13.0 Å². The Morgan fingerprint density at radius 2 is 2.21 bits per heavy atom. The number of piperidine rings is 1. The third-order valence-corrected chi connectivity index (χ3v) is 5.13. The van der Waals surface area contributed by atoms with Crippen LogP contribution in [0.4, 0.5) is 0 Å². The minimum absolute atomic E-state index is 0.491. The molecule has 19 heavy (non-hydrogen) atoms. The molecular weight excluding hydrogens is 300 g/mol. The van der Waals surface area contributed by atoms with E-state index in [4.69, 9.17) is 0 Å². The van der Waals surface area contributed by atoms with Crippen LogP contribution in [-0.4, -0.2) is 11.1 Å². The van der Waals surface area contributed by atoms with Crippen molar-refractivity contribution in [2.24, 2.45) is 7.05 Å². The highest BCUT2D eigenvalue weighted by Gasteiger charge is 2.23. The summed E-state index contributed by atoms with van der Waals surface area (Å²) in [6.45, 7) is 3.35. The maximum absolute atomic E-state index is 3.84. The Hall–Kier alpha value is -0.800. The van der Waals surface area contributed by atoms with Gasteiger partial charge in [0.25, 0.3) is 0 Å². The number of hydrogen-bond donors (Lipinski definition) is 1. The van der Waals surface area contributed by atoms with E-state index in [2.05, 4.69) is 58.0 Å². The van der Waals surface area contributed by atoms with Gasteiger partial charge in [0, 0.05) is 34.2 Å². The molecule has 102 valence electrons. The number of aryl methyl sites for hydroxylation is 2. The molecule has 0 radical (unpaired) electrons. The number of fused-ring (bicyclic) bond motifs is 1. The summed E-state index contributed by atoms with van der Waals surface area (Å²) >= 11 is 3.84. The summed E-state index contributed by atoms with van der Waals surface area (Å²) in [6, 6.07) is 7.31. The van der Waals surface area contributed by atoms with E-state index in [1.807, 2.05) is 0 Å². The lowest BCUT2D eigenvalue weighted by atomic mass is 10.0. The van der Waals surface area contributed by atoms with Crippen molar-refractivity contribution in [2.45, 2.75) is 38.6 Å². The van der Waals surface area contributed by atoms with Gasteiger partial charge in [-0.25, -0.2) is 0 Å². The molecule has 3 rings (SSSR count). The van der Waals surface area contributed by atoms with Gasteiger partial charge in [-0.2, -0.15) is 0 Å². The van der Waals surface area contributed by atoms with Crippen molar-refractivity contribution >= 4 is 26.8 Å². The molecule has 1 fully saturated rings. The number of hydrogen-bond acceptors (Lipinski definition) is 1. The Labute approximate surface area is 123 Å². The molecular formula is C16H21BrN2. The Morgan fingerprint density at radius 1 is 1.37 bits per heavy atom. The maximum atomic E-state index is 3.84. The zero-order valence-corrected chi connectivity index (χ0v) is 13.3. The average molecular weight is 321 g/mol. The molecule has 1 unspecified atom stereocenters. The molecule has 0 bridgehead atoms. The van der Waals surface area contributed by atoms with Gasteiger partial charge in [0.15, 0.2) is 0 Å². The van der Waals surface area contributed by atoms with Crippen molar-refractivity contribution < 1.29 is 0 Å². The van der Waals surface area contributed by atoms with Gasteiger partial charge in [0.2, 0.25) is 0 Å². The third-order valence-electron chi connectivity index (χ3n) is 4.29. The number of rotatable bonds is 2. The van der Waals surface area contributed by atoms with Crippen LogP contribution in [0.1, 0.15) is 43.5 Å². The van der Waals surface area contributed by atoms with Gasteiger partial charge in [-0.1, -0.05) is 19.4 Å². The summed E-state index contributed by atoms with van der Waals surface area (Å²) in [5.41, 5.74) is 4.14. The second kappa shape index (κ2) is 5.29. The van der Waals surface area contributed by atoms with Crippen molar-refractivity contribution in [1.82, 2.24) is 9.88 Å². The van der Waals surface area contributed by atoms with Crippen LogP contribution in [0.5, 0.6) is 0 Å². The molecule has 0 amide bonds. The van der Waals surface area contributed by atoms with Gasteiger partial charge in [0.1, 0.15) is 0 Å². The Morgan fingerprint density at radius 3 is 2.89 bits per heavy atom. The van der Waals surface area contributed by atoms with Crippen molar-refractivity contribution in [3.8, 4) is 0 Å². The summed E-state index contributed by atoms with van der Waals surface area (Å²) in [6.07, 6.45) is 4.96. The highest BCUT2D eigenvalue weighted by atomic mass is 79.9. The van der Waals surface area contributed by atoms with E-state index in [0.29, 0.717) is 6.04 Å². The van der Waals surface area contributed by atoms with Crippen LogP contribution < -0.4 is 5.32 Å². The van der Waals surface area contributed by atoms with Crippen LogP contribution in [0, 0.1) is 0 Å². The van der Waals surface area contributed by atoms with Gasteiger partial charge in [-0.3, -0.25) is 0 Å². The van der Waals surface area contributed by atoms with Gasteiger partial charge >= 0.3 is 0 Å². The highest BCUT2D eigenvalue weighted by molar-refractivity contribution is 9.10. The van der Waals surface area contributed by atoms with E-state index >= 15 is 0 Å². The molecule has 0 aliphatic carbocycles. The fraction of sp³-hybridized carbons (Fsp3) is 0.500. The van der Waals surface area contributed by atoms with Crippen LogP contribution in [0.2, 0.25) is 0 Å². The molecule has 3 heteroatoms. The van der Waals surface area contributed by atoms with E-state index in [9.17, 15) is 0 Å². The molecule has 1 aliphatic heterocycles. The van der Waals surface area contributed by atoms with Gasteiger partial charge in [0.05, 0.1) is 0 Å². The lowest BCUT2D eigenvalue weighted by Gasteiger charge is -2.24. The first kappa shape index (κ1) is 13.2. The summed E-state index contributed by atoms with van der Waals surface area (Å²) in [7, 11) is 2.18. The predicted octanol–water partition coefficient (Wildman–Crippen LogP) is 4.32. The van der Waals surface area contributed by atoms with Crippen molar-refractivity contribution in [3.05, 3.63) is 33.9 Å². The lowest BCUT2D eigenvalue weighted by molar-refractivity contribution is 0.398. The normalized spacial score (nSPS) is 20.1. The molecule has 1 aromatic heterocycles. The summed E-state index contributed by atoms with van der Waals surface area (Å²) in [4.78, 5) is 0. The fourth-order valence-corrected chi connectivity index (χ4v) is 4.02. The average Bonchev–Trinajstić information content (AvgIpc) is 2.71. The first-order valence-corrected chi connectivity index (χ1v) is 8.01. The van der Waals surface area contributed by atoms with Crippen LogP contribution in [-0.2, 0) is 13.5 Å². The van der Waals surface area contributed by atoms with Crippen LogP contribution in [0.3, 0.4) is 0 Å². The first-order chi connectivity index (χ1) is 9.22. The molecule has 1 atom stereocenters. The van der Waals surface area contributed by atoms with Crippen LogP contribution >= 0.6 is 15.9 Å². The number of aromatic nitrogens is 1. The predicted molar refractivity (Wildman–Crippen MR) is 84.6 cm³/mol. The summed E-state index contributed by atoms with van der Waals surface area (Å²) in [5.74, 6) is 0. The van der Waals surface area contributed by atoms with E-state index in [1.54, 1.807) is 0 Å². The van der Waals surface area contributed by atoms with E-state index < -0.39 is 0 Å². The van der Waals surface area contributed by atoms with Crippen molar-refractivity contribution in [1.29, 1.82) is 0 Å². The minimum atomic E-state index is 0.491. The molecule has 1 aliphatic rings. The largest absolute Gasteiger partial charge is 0.345 e. The molecule has 1 N–H and O–H groups in total. The van der Waals surface area contributed by atoms with Crippen molar-refractivity contribution in [2.75, 3.05) is 6.54 Å². The van der Waals surface area contributed by atoms with Gasteiger partial charge in [-0.05, 0) is 59.4 Å². The summed E-state index contributed by atoms with van der Waals surface area (Å²) in [5, 5.41) is 5.01. The van der Waals surface area contributed by atoms with E-state index in [1.165, 1.54) is 45.9 Å². The molecule has 2 aromatic rings. The monoisotopic (exact) mass is 320 g/mol. The van der Waals surface area contributed by atoms with Gasteiger partial charge < -0.3 is 9.88 Å². The fourth-order valence-electron chi connectivity index (χ4n) is 3.16. The number of nitrogens with one attached hydrogen (secondary N) is 1. The molecule has 1 saturated heterocycles. The Kier molecular flexibility index (Phi) is 3.68. The third kappa shape index (κ3) is 2.23. The zero-order chi connectivity index (χ0) is 13.4. The highest BCUT2D eigenvalue weighted by Crippen LogP contribution is 2.37. The smallest absolute Gasteiger partial charge is 0.0499 e. The lowest BCUT2D eigenvalue weighted by Crippen LogP contribution is -2.28. The zero-order valence-electron chi connectivity index (χ0n) is 11.7. The molecule has 0 saturated carbocycles. The topological polar surface area (TPSA) is 17.0 Å². The number of halogens is 1. The second-order valence-electron chi connectivity index (χ2n) is 5.47. The number of nitrogens with zero attached hydrogens (tertiary/aromatic N) is 1. The SMILES string of the molecule is CCc1ccc2c(c1)c(Br)c(C1CCCCN1)n2C. The summed E-state index contributed by atoms with van der Waals surface area (Å²) < 4.78 is 3.63. The van der Waals surface area contributed by atoms with Crippen molar-refractivity contribution in [3.63, 3.8) is 0 Å². The second-order valence-corrected chi connectivity index (χ2v) is 6.26. The minimum Gasteiger partial charge on any atom is -0.345 e. The molecule has 2 nitrogen and oxygen atoms in total. The standard InChI is InChI=1S/C16H21BrN2/c1-3-11-7-8-14-12(10-11)15(17)16(19(14)2)13-6-4-5-9-18-13/h7-8,10,13,18H,3-6,9H2,1-2H3. The van der Waals surface area contributed by atoms with Crippen LogP contribution in [0.25, 0.3) is 10.9 Å². The maximum Gasteiger partial charge on any atom is 0.0499 e. The molecule has 2 heterocycles. The quantitative estimate of drug-likeness (QED) is 0.872. The molecule has 1 aromatic carbocycles. The number of benzene rings is 1.